The molecule has 1 aliphatic carbocycles. The fourth-order valence-corrected chi connectivity index (χ4v) is 4.49. The Morgan fingerprint density at radius 3 is 2.60 bits per heavy atom. The first kappa shape index (κ1) is 20.3. The SMILES string of the molecule is CNC(=O)N1CC(C)CC(N(C(=O)NCc2ccc3ccc(O)cc3c2)C2CC2)C1. The van der Waals surface area contributed by atoms with Crippen LogP contribution >= 0.6 is 0 Å². The highest BCUT2D eigenvalue weighted by atomic mass is 16.3. The maximum atomic E-state index is 13.1. The van der Waals surface area contributed by atoms with Gasteiger partial charge in [0.05, 0.1) is 6.04 Å². The molecule has 3 N–H and O–H groups in total. The summed E-state index contributed by atoms with van der Waals surface area (Å²) in [6, 6.07) is 11.4. The van der Waals surface area contributed by atoms with E-state index in [0.717, 1.165) is 42.1 Å². The number of likely N-dealkylation sites (tertiary alicyclic amines) is 1. The van der Waals surface area contributed by atoms with Crippen LogP contribution in [0.1, 0.15) is 31.7 Å². The Hall–Kier alpha value is -2.96. The number of rotatable bonds is 4. The number of fused-ring (bicyclic) bond motifs is 1. The van der Waals surface area contributed by atoms with Crippen molar-refractivity contribution in [3.05, 3.63) is 42.0 Å². The van der Waals surface area contributed by atoms with E-state index >= 15 is 0 Å². The summed E-state index contributed by atoms with van der Waals surface area (Å²) in [6.07, 6.45) is 2.95. The Balaban J connectivity index is 1.44. The molecule has 0 bridgehead atoms. The van der Waals surface area contributed by atoms with E-state index in [4.69, 9.17) is 0 Å². The number of hydrogen-bond acceptors (Lipinski definition) is 3. The van der Waals surface area contributed by atoms with Crippen molar-refractivity contribution in [1.82, 2.24) is 20.4 Å². The second kappa shape index (κ2) is 8.42. The number of phenols is 1. The van der Waals surface area contributed by atoms with Crippen molar-refractivity contribution >= 4 is 22.8 Å². The molecule has 30 heavy (non-hydrogen) atoms. The number of hydrogen-bond donors (Lipinski definition) is 3. The minimum absolute atomic E-state index is 0.0344. The van der Waals surface area contributed by atoms with Crippen molar-refractivity contribution in [3.63, 3.8) is 0 Å². The lowest BCUT2D eigenvalue weighted by Crippen LogP contribution is -2.57. The van der Waals surface area contributed by atoms with Gasteiger partial charge in [-0.3, -0.25) is 0 Å². The average Bonchev–Trinajstić information content (AvgIpc) is 3.56. The number of carbonyl (C=O) groups excluding carboxylic acids is 2. The van der Waals surface area contributed by atoms with Gasteiger partial charge in [-0.1, -0.05) is 25.1 Å². The Morgan fingerprint density at radius 1 is 1.10 bits per heavy atom. The molecule has 2 fully saturated rings. The average molecular weight is 411 g/mol. The van der Waals surface area contributed by atoms with Crippen LogP contribution in [0.25, 0.3) is 10.8 Å². The van der Waals surface area contributed by atoms with Crippen LogP contribution in [0.3, 0.4) is 0 Å². The van der Waals surface area contributed by atoms with E-state index in [1.165, 1.54) is 0 Å². The lowest BCUT2D eigenvalue weighted by Gasteiger charge is -2.42. The lowest BCUT2D eigenvalue weighted by molar-refractivity contribution is 0.0955. The van der Waals surface area contributed by atoms with Crippen molar-refractivity contribution in [2.24, 2.45) is 5.92 Å². The number of amides is 4. The topological polar surface area (TPSA) is 84.9 Å². The maximum absolute atomic E-state index is 13.1. The second-order valence-electron chi connectivity index (χ2n) is 8.62. The molecule has 0 radical (unpaired) electrons. The normalized spacial score (nSPS) is 21.3. The number of phenolic OH excluding ortho intramolecular Hbond substituents is 1. The molecule has 1 aliphatic heterocycles. The highest BCUT2D eigenvalue weighted by Crippen LogP contribution is 2.32. The third kappa shape index (κ3) is 4.45. The molecule has 0 aromatic heterocycles. The molecule has 7 heteroatoms. The maximum Gasteiger partial charge on any atom is 0.318 e. The van der Waals surface area contributed by atoms with Crippen LogP contribution in [0, 0.1) is 5.92 Å². The molecule has 160 valence electrons. The second-order valence-corrected chi connectivity index (χ2v) is 8.62. The summed E-state index contributed by atoms with van der Waals surface area (Å²) in [7, 11) is 1.64. The molecule has 2 aromatic rings. The number of benzene rings is 2. The summed E-state index contributed by atoms with van der Waals surface area (Å²) >= 11 is 0. The van der Waals surface area contributed by atoms with Crippen LogP contribution in [0.2, 0.25) is 0 Å². The molecular formula is C23H30N4O3. The van der Waals surface area contributed by atoms with E-state index < -0.39 is 0 Å². The van der Waals surface area contributed by atoms with Crippen LogP contribution in [-0.2, 0) is 6.54 Å². The smallest absolute Gasteiger partial charge is 0.318 e. The first-order valence-electron chi connectivity index (χ1n) is 10.7. The Bertz CT molecular complexity index is 943. The lowest BCUT2D eigenvalue weighted by atomic mass is 9.95. The summed E-state index contributed by atoms with van der Waals surface area (Å²) < 4.78 is 0. The molecule has 2 aromatic carbocycles. The van der Waals surface area contributed by atoms with Crippen LogP contribution in [0.4, 0.5) is 9.59 Å². The van der Waals surface area contributed by atoms with Gasteiger partial charge in [-0.25, -0.2) is 9.59 Å². The number of aromatic hydroxyl groups is 1. The monoisotopic (exact) mass is 410 g/mol. The van der Waals surface area contributed by atoms with Gasteiger partial charge in [0.2, 0.25) is 0 Å². The van der Waals surface area contributed by atoms with Gasteiger partial charge in [-0.05, 0) is 59.7 Å². The molecule has 1 heterocycles. The highest BCUT2D eigenvalue weighted by Gasteiger charge is 2.41. The number of carbonyl (C=O) groups is 2. The van der Waals surface area contributed by atoms with Gasteiger partial charge >= 0.3 is 12.1 Å². The number of nitrogens with zero attached hydrogens (tertiary/aromatic N) is 2. The van der Waals surface area contributed by atoms with Crippen molar-refractivity contribution in [1.29, 1.82) is 0 Å². The molecule has 2 atom stereocenters. The van der Waals surface area contributed by atoms with E-state index in [2.05, 4.69) is 17.6 Å². The summed E-state index contributed by atoms with van der Waals surface area (Å²) in [5.74, 6) is 0.582. The Labute approximate surface area is 177 Å². The van der Waals surface area contributed by atoms with Gasteiger partial charge in [0, 0.05) is 32.7 Å². The predicted octanol–water partition coefficient (Wildman–Crippen LogP) is 3.27. The fourth-order valence-electron chi connectivity index (χ4n) is 4.49. The highest BCUT2D eigenvalue weighted by molar-refractivity contribution is 5.84. The van der Waals surface area contributed by atoms with E-state index in [0.29, 0.717) is 19.0 Å². The first-order valence-corrected chi connectivity index (χ1v) is 10.7. The minimum atomic E-state index is -0.0814. The zero-order valence-corrected chi connectivity index (χ0v) is 17.6. The molecule has 4 amide bonds. The zero-order chi connectivity index (χ0) is 21.3. The van der Waals surface area contributed by atoms with E-state index in [1.54, 1.807) is 19.2 Å². The van der Waals surface area contributed by atoms with Gasteiger partial charge < -0.3 is 25.5 Å². The molecule has 1 saturated heterocycles. The third-order valence-electron chi connectivity index (χ3n) is 6.04. The first-order chi connectivity index (χ1) is 14.4. The zero-order valence-electron chi connectivity index (χ0n) is 17.6. The van der Waals surface area contributed by atoms with Gasteiger partial charge in [-0.2, -0.15) is 0 Å². The van der Waals surface area contributed by atoms with E-state index in [9.17, 15) is 14.7 Å². The summed E-state index contributed by atoms with van der Waals surface area (Å²) in [5.41, 5.74) is 0.987. The summed E-state index contributed by atoms with van der Waals surface area (Å²) in [5, 5.41) is 17.5. The van der Waals surface area contributed by atoms with Crippen LogP contribution in [0.5, 0.6) is 5.75 Å². The summed E-state index contributed by atoms with van der Waals surface area (Å²) in [6.45, 7) is 3.86. The Morgan fingerprint density at radius 2 is 1.87 bits per heavy atom. The van der Waals surface area contributed by atoms with Crippen molar-refractivity contribution < 1.29 is 14.7 Å². The number of urea groups is 2. The standard InChI is InChI=1S/C23H30N4O3/c1-15-9-20(14-26(13-15)22(29)24-2)27(19-6-7-19)23(30)25-12-16-3-4-17-5-8-21(28)11-18(17)10-16/h3-5,8,10-11,15,19-20,28H,6-7,9,12-14H2,1-2H3,(H,24,29)(H,25,30). The van der Waals surface area contributed by atoms with Crippen molar-refractivity contribution in [2.75, 3.05) is 20.1 Å². The number of nitrogens with one attached hydrogen (secondary N) is 2. The van der Waals surface area contributed by atoms with Crippen molar-refractivity contribution in [2.45, 2.75) is 44.8 Å². The molecule has 7 nitrogen and oxygen atoms in total. The van der Waals surface area contributed by atoms with Crippen LogP contribution in [0.15, 0.2) is 36.4 Å². The molecule has 4 rings (SSSR count). The minimum Gasteiger partial charge on any atom is -0.508 e. The molecule has 0 spiro atoms. The van der Waals surface area contributed by atoms with Gasteiger partial charge in [0.15, 0.2) is 0 Å². The van der Waals surface area contributed by atoms with E-state index in [-0.39, 0.29) is 29.9 Å². The molecule has 2 unspecified atom stereocenters. The van der Waals surface area contributed by atoms with Gasteiger partial charge in [-0.15, -0.1) is 0 Å². The quantitative estimate of drug-likeness (QED) is 0.723. The number of piperidine rings is 1. The van der Waals surface area contributed by atoms with Crippen molar-refractivity contribution in [3.8, 4) is 5.75 Å². The molecule has 2 aliphatic rings. The van der Waals surface area contributed by atoms with Gasteiger partial charge in [0.25, 0.3) is 0 Å². The van der Waals surface area contributed by atoms with Crippen LogP contribution in [-0.4, -0.2) is 59.2 Å². The van der Waals surface area contributed by atoms with E-state index in [1.807, 2.05) is 34.1 Å². The molecular weight excluding hydrogens is 380 g/mol. The predicted molar refractivity (Wildman–Crippen MR) is 116 cm³/mol. The molecule has 1 saturated carbocycles. The van der Waals surface area contributed by atoms with Gasteiger partial charge in [0.1, 0.15) is 5.75 Å². The summed E-state index contributed by atoms with van der Waals surface area (Å²) in [4.78, 5) is 29.1. The largest absolute Gasteiger partial charge is 0.508 e. The third-order valence-corrected chi connectivity index (χ3v) is 6.04. The fraction of sp³-hybridized carbons (Fsp3) is 0.478. The van der Waals surface area contributed by atoms with Crippen LogP contribution < -0.4 is 10.6 Å². The Kier molecular flexibility index (Phi) is 5.70.